The van der Waals surface area contributed by atoms with Gasteiger partial charge < -0.3 is 10.2 Å². The van der Waals surface area contributed by atoms with E-state index in [4.69, 9.17) is 0 Å². The molecule has 0 radical (unpaired) electrons. The minimum absolute atomic E-state index is 0.360. The highest BCUT2D eigenvalue weighted by atomic mass is 32.2. The lowest BCUT2D eigenvalue weighted by Gasteiger charge is -2.59. The summed E-state index contributed by atoms with van der Waals surface area (Å²) in [6, 6.07) is 12.0. The second-order valence-corrected chi connectivity index (χ2v) is 12.2. The van der Waals surface area contributed by atoms with E-state index in [2.05, 4.69) is 58.3 Å². The summed E-state index contributed by atoms with van der Waals surface area (Å²) in [5, 5.41) is 3.54. The van der Waals surface area contributed by atoms with E-state index in [-0.39, 0.29) is 5.25 Å². The van der Waals surface area contributed by atoms with Crippen LogP contribution in [0.4, 0.5) is 0 Å². The van der Waals surface area contributed by atoms with Gasteiger partial charge in [-0.15, -0.1) is 0 Å². The van der Waals surface area contributed by atoms with Crippen LogP contribution in [0.25, 0.3) is 6.08 Å². The molecule has 4 rings (SSSR count). The Balaban J connectivity index is 1.15. The first-order valence-corrected chi connectivity index (χ1v) is 13.1. The first-order chi connectivity index (χ1) is 14.3. The standard InChI is InChI=1S/C24H37N3O2S/c1-4-20(12-19-8-6-5-7-9-19)22-13-23(22)26-21-14-24(15-21)16-27(17-24)11-10-25-30(28,29)18(2)3/h5-9,12,18,21-23,25-26H,4,10-11,13-17H2,1-3H3/b20-12+/t22-,23+/m1/s1. The molecule has 1 saturated heterocycles. The molecule has 2 aliphatic carbocycles. The molecule has 1 spiro atoms. The summed E-state index contributed by atoms with van der Waals surface area (Å²) in [5.41, 5.74) is 3.38. The van der Waals surface area contributed by atoms with E-state index < -0.39 is 10.0 Å². The second-order valence-electron chi connectivity index (χ2n) is 9.90. The number of hydrogen-bond donors (Lipinski definition) is 2. The summed E-state index contributed by atoms with van der Waals surface area (Å²) in [5.74, 6) is 0.707. The maximum absolute atomic E-state index is 11.8. The van der Waals surface area contributed by atoms with Crippen LogP contribution in [0.3, 0.4) is 0 Å². The molecule has 30 heavy (non-hydrogen) atoms. The largest absolute Gasteiger partial charge is 0.311 e. The molecule has 2 saturated carbocycles. The fourth-order valence-electron chi connectivity index (χ4n) is 5.26. The lowest BCUT2D eigenvalue weighted by atomic mass is 9.60. The van der Waals surface area contributed by atoms with E-state index >= 15 is 0 Å². The molecule has 6 heteroatoms. The summed E-state index contributed by atoms with van der Waals surface area (Å²) in [7, 11) is -3.14. The summed E-state index contributed by atoms with van der Waals surface area (Å²) >= 11 is 0. The Morgan fingerprint density at radius 3 is 2.57 bits per heavy atom. The van der Waals surface area contributed by atoms with E-state index in [1.54, 1.807) is 19.4 Å². The molecule has 0 aromatic heterocycles. The number of rotatable bonds is 10. The molecule has 1 aromatic rings. The molecule has 166 valence electrons. The first kappa shape index (κ1) is 22.0. The Labute approximate surface area is 182 Å². The van der Waals surface area contributed by atoms with Gasteiger partial charge in [0.05, 0.1) is 5.25 Å². The molecule has 2 N–H and O–H groups in total. The molecule has 0 unspecified atom stereocenters. The van der Waals surface area contributed by atoms with E-state index in [0.717, 1.165) is 26.1 Å². The van der Waals surface area contributed by atoms with Gasteiger partial charge in [-0.05, 0) is 56.4 Å². The van der Waals surface area contributed by atoms with Crippen molar-refractivity contribution in [3.05, 3.63) is 41.5 Å². The predicted octanol–water partition coefficient (Wildman–Crippen LogP) is 3.25. The molecular formula is C24H37N3O2S. The molecule has 3 aliphatic rings. The third-order valence-corrected chi connectivity index (χ3v) is 8.95. The molecule has 2 atom stereocenters. The van der Waals surface area contributed by atoms with Gasteiger partial charge in [0.1, 0.15) is 0 Å². The Bertz CT molecular complexity index is 852. The van der Waals surface area contributed by atoms with Crippen LogP contribution in [-0.2, 0) is 10.0 Å². The van der Waals surface area contributed by atoms with E-state index in [1.165, 1.54) is 24.8 Å². The predicted molar refractivity (Wildman–Crippen MR) is 124 cm³/mol. The molecule has 1 aliphatic heterocycles. The van der Waals surface area contributed by atoms with E-state index in [0.29, 0.717) is 30.0 Å². The van der Waals surface area contributed by atoms with Crippen molar-refractivity contribution in [2.24, 2.45) is 11.3 Å². The molecule has 5 nitrogen and oxygen atoms in total. The zero-order valence-electron chi connectivity index (χ0n) is 18.6. The Kier molecular flexibility index (Phi) is 6.40. The fraction of sp³-hybridized carbons (Fsp3) is 0.667. The summed E-state index contributed by atoms with van der Waals surface area (Å²) in [6.07, 6.45) is 7.33. The van der Waals surface area contributed by atoms with Gasteiger partial charge >= 0.3 is 0 Å². The summed E-state index contributed by atoms with van der Waals surface area (Å²) < 4.78 is 26.4. The van der Waals surface area contributed by atoms with E-state index in [9.17, 15) is 8.42 Å². The SMILES string of the molecule is CC/C(=C\c1ccccc1)[C@H]1C[C@@H]1NC1CC2(C1)CN(CCNS(=O)(=O)C(C)C)C2. The normalized spacial score (nSPS) is 26.6. The third kappa shape index (κ3) is 4.98. The molecular weight excluding hydrogens is 394 g/mol. The quantitative estimate of drug-likeness (QED) is 0.597. The van der Waals surface area contributed by atoms with Crippen molar-refractivity contribution in [1.82, 2.24) is 14.9 Å². The van der Waals surface area contributed by atoms with Crippen LogP contribution >= 0.6 is 0 Å². The molecule has 1 heterocycles. The number of likely N-dealkylation sites (tertiary alicyclic amines) is 1. The second kappa shape index (κ2) is 8.73. The number of hydrogen-bond acceptors (Lipinski definition) is 4. The van der Waals surface area contributed by atoms with Crippen LogP contribution in [0.5, 0.6) is 0 Å². The average molecular weight is 432 g/mol. The van der Waals surface area contributed by atoms with Gasteiger partial charge in [0.2, 0.25) is 10.0 Å². The van der Waals surface area contributed by atoms with Crippen molar-refractivity contribution in [1.29, 1.82) is 0 Å². The number of nitrogens with one attached hydrogen (secondary N) is 2. The average Bonchev–Trinajstić information content (AvgIpc) is 3.42. The summed E-state index contributed by atoms with van der Waals surface area (Å²) in [6.45, 7) is 9.29. The van der Waals surface area contributed by atoms with Gasteiger partial charge in [-0.2, -0.15) is 0 Å². The molecule has 1 aromatic carbocycles. The smallest absolute Gasteiger partial charge is 0.213 e. The van der Waals surface area contributed by atoms with Crippen LogP contribution in [0, 0.1) is 11.3 Å². The first-order valence-electron chi connectivity index (χ1n) is 11.5. The maximum atomic E-state index is 11.8. The Morgan fingerprint density at radius 2 is 1.93 bits per heavy atom. The van der Waals surface area contributed by atoms with Crippen LogP contribution in [0.1, 0.15) is 52.0 Å². The van der Waals surface area contributed by atoms with Crippen molar-refractivity contribution in [3.8, 4) is 0 Å². The van der Waals surface area contributed by atoms with Crippen molar-refractivity contribution in [2.45, 2.75) is 63.8 Å². The minimum Gasteiger partial charge on any atom is -0.311 e. The topological polar surface area (TPSA) is 61.4 Å². The lowest BCUT2D eigenvalue weighted by molar-refractivity contribution is -0.0775. The zero-order chi connectivity index (χ0) is 21.4. The van der Waals surface area contributed by atoms with Gasteiger partial charge in [0.15, 0.2) is 0 Å². The highest BCUT2D eigenvalue weighted by Crippen LogP contribution is 2.50. The summed E-state index contributed by atoms with van der Waals surface area (Å²) in [4.78, 5) is 2.39. The molecule has 0 amide bonds. The number of nitrogens with zero attached hydrogens (tertiary/aromatic N) is 1. The van der Waals surface area contributed by atoms with Crippen molar-refractivity contribution in [2.75, 3.05) is 26.2 Å². The van der Waals surface area contributed by atoms with Crippen LogP contribution in [-0.4, -0.2) is 56.8 Å². The number of benzene rings is 1. The van der Waals surface area contributed by atoms with Crippen molar-refractivity contribution >= 4 is 16.1 Å². The number of sulfonamides is 1. The van der Waals surface area contributed by atoms with Gasteiger partial charge in [-0.3, -0.25) is 0 Å². The van der Waals surface area contributed by atoms with Gasteiger partial charge in [0, 0.05) is 38.3 Å². The Hall–Kier alpha value is -1.21. The van der Waals surface area contributed by atoms with Crippen LogP contribution in [0.15, 0.2) is 35.9 Å². The van der Waals surface area contributed by atoms with E-state index in [1.807, 2.05) is 0 Å². The lowest BCUT2D eigenvalue weighted by Crippen LogP contribution is -2.66. The molecule has 3 fully saturated rings. The van der Waals surface area contributed by atoms with Crippen molar-refractivity contribution < 1.29 is 8.42 Å². The van der Waals surface area contributed by atoms with Crippen LogP contribution < -0.4 is 10.0 Å². The van der Waals surface area contributed by atoms with Gasteiger partial charge in [-0.25, -0.2) is 13.1 Å². The van der Waals surface area contributed by atoms with Gasteiger partial charge in [-0.1, -0.05) is 48.9 Å². The highest BCUT2D eigenvalue weighted by Gasteiger charge is 2.53. The maximum Gasteiger partial charge on any atom is 0.213 e. The third-order valence-electron chi connectivity index (χ3n) is 7.11. The van der Waals surface area contributed by atoms with Crippen molar-refractivity contribution in [3.63, 3.8) is 0 Å². The zero-order valence-corrected chi connectivity index (χ0v) is 19.4. The highest BCUT2D eigenvalue weighted by molar-refractivity contribution is 7.90. The molecule has 0 bridgehead atoms. The monoisotopic (exact) mass is 431 g/mol. The minimum atomic E-state index is -3.14. The fourth-order valence-corrected chi connectivity index (χ4v) is 5.97. The van der Waals surface area contributed by atoms with Crippen LogP contribution in [0.2, 0.25) is 0 Å². The van der Waals surface area contributed by atoms with Gasteiger partial charge in [0.25, 0.3) is 0 Å². The Morgan fingerprint density at radius 1 is 1.23 bits per heavy atom.